The van der Waals surface area contributed by atoms with E-state index in [1.807, 2.05) is 0 Å². The number of nitrogens with one attached hydrogen (secondary N) is 1. The van der Waals surface area contributed by atoms with E-state index in [0.717, 1.165) is 11.6 Å². The van der Waals surface area contributed by atoms with Crippen molar-refractivity contribution in [1.29, 1.82) is 0 Å². The van der Waals surface area contributed by atoms with E-state index in [4.69, 9.17) is 11.6 Å². The van der Waals surface area contributed by atoms with E-state index in [2.05, 4.69) is 4.98 Å². The standard InChI is InChI=1S/C12H10ClFN2O2/c1-7-2-3-9(14)4-8(7)6-16-10(13)5-11(17)15-12(16)18/h2-5H,6H2,1H3,(H,15,17,18). The Kier molecular flexibility index (Phi) is 3.34. The first-order chi connectivity index (χ1) is 8.47. The van der Waals surface area contributed by atoms with Crippen molar-refractivity contribution >= 4 is 11.6 Å². The van der Waals surface area contributed by atoms with Gasteiger partial charge in [-0.15, -0.1) is 0 Å². The van der Waals surface area contributed by atoms with E-state index in [1.54, 1.807) is 13.0 Å². The van der Waals surface area contributed by atoms with Gasteiger partial charge in [-0.05, 0) is 30.2 Å². The average molecular weight is 269 g/mol. The maximum absolute atomic E-state index is 13.1. The molecule has 2 rings (SSSR count). The summed E-state index contributed by atoms with van der Waals surface area (Å²) in [7, 11) is 0. The number of rotatable bonds is 2. The molecule has 1 heterocycles. The quantitative estimate of drug-likeness (QED) is 0.843. The molecule has 1 aromatic heterocycles. The van der Waals surface area contributed by atoms with Crippen molar-refractivity contribution in [3.05, 3.63) is 67.2 Å². The van der Waals surface area contributed by atoms with Crippen molar-refractivity contribution in [1.82, 2.24) is 9.55 Å². The van der Waals surface area contributed by atoms with Crippen LogP contribution in [-0.4, -0.2) is 9.55 Å². The Morgan fingerprint density at radius 1 is 1.33 bits per heavy atom. The Morgan fingerprint density at radius 2 is 2.06 bits per heavy atom. The SMILES string of the molecule is Cc1ccc(F)cc1Cn1c(Cl)cc(=O)[nH]c1=O. The van der Waals surface area contributed by atoms with Gasteiger partial charge in [0.25, 0.3) is 5.56 Å². The second kappa shape index (κ2) is 4.78. The highest BCUT2D eigenvalue weighted by atomic mass is 35.5. The third kappa shape index (κ3) is 2.51. The molecule has 0 aliphatic heterocycles. The third-order valence-corrected chi connectivity index (χ3v) is 2.94. The number of aromatic amines is 1. The van der Waals surface area contributed by atoms with Crippen molar-refractivity contribution in [3.63, 3.8) is 0 Å². The molecule has 1 aromatic carbocycles. The van der Waals surface area contributed by atoms with Gasteiger partial charge in [0, 0.05) is 6.07 Å². The zero-order valence-corrected chi connectivity index (χ0v) is 10.3. The molecule has 0 saturated heterocycles. The summed E-state index contributed by atoms with van der Waals surface area (Å²) in [5, 5.41) is 0.0208. The Morgan fingerprint density at radius 3 is 2.72 bits per heavy atom. The van der Waals surface area contributed by atoms with E-state index >= 15 is 0 Å². The molecule has 0 aliphatic carbocycles. The van der Waals surface area contributed by atoms with Gasteiger partial charge in [0.2, 0.25) is 0 Å². The highest BCUT2D eigenvalue weighted by molar-refractivity contribution is 6.29. The van der Waals surface area contributed by atoms with Crippen molar-refractivity contribution in [3.8, 4) is 0 Å². The fraction of sp³-hybridized carbons (Fsp3) is 0.167. The minimum absolute atomic E-state index is 0.0208. The molecule has 0 radical (unpaired) electrons. The van der Waals surface area contributed by atoms with Crippen LogP contribution in [0.15, 0.2) is 33.9 Å². The summed E-state index contributed by atoms with van der Waals surface area (Å²) in [6.07, 6.45) is 0. The Labute approximate surface area is 107 Å². The van der Waals surface area contributed by atoms with Gasteiger partial charge >= 0.3 is 5.69 Å². The van der Waals surface area contributed by atoms with Crippen molar-refractivity contribution < 1.29 is 4.39 Å². The summed E-state index contributed by atoms with van der Waals surface area (Å²) < 4.78 is 14.3. The summed E-state index contributed by atoms with van der Waals surface area (Å²) in [5.41, 5.74) is 0.296. The molecule has 4 nitrogen and oxygen atoms in total. The average Bonchev–Trinajstić information content (AvgIpc) is 2.28. The highest BCUT2D eigenvalue weighted by Gasteiger charge is 2.07. The Bertz CT molecular complexity index is 706. The van der Waals surface area contributed by atoms with Crippen LogP contribution in [-0.2, 0) is 6.54 Å². The number of H-pyrrole nitrogens is 1. The lowest BCUT2D eigenvalue weighted by Crippen LogP contribution is -2.30. The van der Waals surface area contributed by atoms with Gasteiger partial charge in [0.15, 0.2) is 0 Å². The van der Waals surface area contributed by atoms with Crippen LogP contribution in [0.3, 0.4) is 0 Å². The Hall–Kier alpha value is -1.88. The second-order valence-corrected chi connectivity index (χ2v) is 4.31. The fourth-order valence-electron chi connectivity index (χ4n) is 1.62. The van der Waals surface area contributed by atoms with Gasteiger partial charge in [-0.3, -0.25) is 14.3 Å². The van der Waals surface area contributed by atoms with Gasteiger partial charge in [-0.25, -0.2) is 9.18 Å². The Balaban J connectivity index is 2.49. The molecule has 0 aliphatic rings. The van der Waals surface area contributed by atoms with Crippen LogP contribution in [0.1, 0.15) is 11.1 Å². The summed E-state index contributed by atoms with van der Waals surface area (Å²) >= 11 is 5.83. The molecule has 2 aromatic rings. The molecule has 0 saturated carbocycles. The van der Waals surface area contributed by atoms with E-state index in [9.17, 15) is 14.0 Å². The van der Waals surface area contributed by atoms with Crippen LogP contribution in [0.25, 0.3) is 0 Å². The molecule has 0 unspecified atom stereocenters. The molecule has 6 heteroatoms. The summed E-state index contributed by atoms with van der Waals surface area (Å²) in [6, 6.07) is 5.41. The first-order valence-electron chi connectivity index (χ1n) is 5.22. The summed E-state index contributed by atoms with van der Waals surface area (Å²) in [6.45, 7) is 1.91. The minimum Gasteiger partial charge on any atom is -0.279 e. The molecule has 18 heavy (non-hydrogen) atoms. The van der Waals surface area contributed by atoms with Crippen LogP contribution >= 0.6 is 11.6 Å². The number of hydrogen-bond acceptors (Lipinski definition) is 2. The number of halogens is 2. The molecule has 94 valence electrons. The normalized spacial score (nSPS) is 10.6. The van der Waals surface area contributed by atoms with Gasteiger partial charge in [0.1, 0.15) is 11.0 Å². The van der Waals surface area contributed by atoms with Gasteiger partial charge < -0.3 is 0 Å². The van der Waals surface area contributed by atoms with Crippen molar-refractivity contribution in [2.75, 3.05) is 0 Å². The fourth-order valence-corrected chi connectivity index (χ4v) is 1.86. The zero-order valence-electron chi connectivity index (χ0n) is 9.54. The van der Waals surface area contributed by atoms with Crippen molar-refractivity contribution in [2.24, 2.45) is 0 Å². The first kappa shape index (κ1) is 12.6. The van der Waals surface area contributed by atoms with Crippen LogP contribution in [0.4, 0.5) is 4.39 Å². The van der Waals surface area contributed by atoms with E-state index in [1.165, 1.54) is 16.7 Å². The molecular weight excluding hydrogens is 259 g/mol. The lowest BCUT2D eigenvalue weighted by molar-refractivity contribution is 0.620. The minimum atomic E-state index is -0.615. The molecule has 1 N–H and O–H groups in total. The maximum atomic E-state index is 13.1. The largest absolute Gasteiger partial charge is 0.329 e. The summed E-state index contributed by atoms with van der Waals surface area (Å²) in [5.74, 6) is -0.385. The monoisotopic (exact) mass is 268 g/mol. The molecule has 0 fully saturated rings. The number of hydrogen-bond donors (Lipinski definition) is 1. The zero-order chi connectivity index (χ0) is 13.3. The number of nitrogens with zero attached hydrogens (tertiary/aromatic N) is 1. The summed E-state index contributed by atoms with van der Waals surface area (Å²) in [4.78, 5) is 24.7. The van der Waals surface area contributed by atoms with E-state index < -0.39 is 11.2 Å². The molecule has 0 amide bonds. The predicted octanol–water partition coefficient (Wildman–Crippen LogP) is 1.69. The first-order valence-corrected chi connectivity index (χ1v) is 5.60. The van der Waals surface area contributed by atoms with Crippen LogP contribution in [0.2, 0.25) is 5.15 Å². The van der Waals surface area contributed by atoms with Gasteiger partial charge in [0.05, 0.1) is 6.54 Å². The number of benzene rings is 1. The molecular formula is C12H10ClFN2O2. The highest BCUT2D eigenvalue weighted by Crippen LogP contribution is 2.13. The van der Waals surface area contributed by atoms with E-state index in [-0.39, 0.29) is 17.5 Å². The molecule has 0 bridgehead atoms. The van der Waals surface area contributed by atoms with Crippen LogP contribution in [0, 0.1) is 12.7 Å². The molecule has 0 atom stereocenters. The van der Waals surface area contributed by atoms with Crippen LogP contribution < -0.4 is 11.2 Å². The topological polar surface area (TPSA) is 54.9 Å². The van der Waals surface area contributed by atoms with Gasteiger partial charge in [-0.2, -0.15) is 0 Å². The van der Waals surface area contributed by atoms with Crippen molar-refractivity contribution in [2.45, 2.75) is 13.5 Å². The second-order valence-electron chi connectivity index (χ2n) is 3.92. The van der Waals surface area contributed by atoms with Crippen LogP contribution in [0.5, 0.6) is 0 Å². The smallest absolute Gasteiger partial charge is 0.279 e. The van der Waals surface area contributed by atoms with Gasteiger partial charge in [-0.1, -0.05) is 17.7 Å². The third-order valence-electron chi connectivity index (χ3n) is 2.62. The maximum Gasteiger partial charge on any atom is 0.329 e. The predicted molar refractivity (Wildman–Crippen MR) is 66.6 cm³/mol. The van der Waals surface area contributed by atoms with E-state index in [0.29, 0.717) is 5.56 Å². The lowest BCUT2D eigenvalue weighted by Gasteiger charge is -2.09. The molecule has 0 spiro atoms. The number of aryl methyl sites for hydroxylation is 1. The lowest BCUT2D eigenvalue weighted by atomic mass is 10.1. The number of aromatic nitrogens is 2.